The number of hydrogen-bond acceptors (Lipinski definition) is 4. The minimum absolute atomic E-state index is 0.00484. The van der Waals surface area contributed by atoms with Gasteiger partial charge in [-0.3, -0.25) is 0 Å². The third kappa shape index (κ3) is 18.8. The van der Waals surface area contributed by atoms with Crippen LogP contribution < -0.4 is 20.0 Å². The monoisotopic (exact) mass is 1850 g/mol. The van der Waals surface area contributed by atoms with E-state index < -0.39 is 72.5 Å². The molecule has 2 aliphatic rings. The lowest BCUT2D eigenvalue weighted by Crippen LogP contribution is -2.16. The first kappa shape index (κ1) is 59.6. The Hall–Kier alpha value is -14.2. The molecule has 127 heavy (non-hydrogen) atoms. The maximum Gasteiger partial charge on any atom is 0.0645 e. The van der Waals surface area contributed by atoms with Crippen LogP contribution in [0.4, 0.5) is 62.6 Å². The Bertz CT molecular complexity index is 8270. The molecule has 0 heterocycles. The highest BCUT2D eigenvalue weighted by atomic mass is 79.9. The third-order valence-electron chi connectivity index (χ3n) is 22.2. The van der Waals surface area contributed by atoms with Gasteiger partial charge in [-0.25, -0.2) is 0 Å². The van der Waals surface area contributed by atoms with Gasteiger partial charge < -0.3 is 20.0 Å². The van der Waals surface area contributed by atoms with Crippen molar-refractivity contribution in [3.8, 4) is 89.0 Å². The van der Waals surface area contributed by atoms with E-state index in [-0.39, 0.29) is 148 Å². The lowest BCUT2D eigenvalue weighted by atomic mass is 9.82. The van der Waals surface area contributed by atoms with Gasteiger partial charge in [-0.1, -0.05) is 391 Å². The molecule has 1 N–H and O–H groups in total. The molecule has 0 bridgehead atoms. The summed E-state index contributed by atoms with van der Waals surface area (Å²) in [6, 6.07) is 101. The minimum Gasteiger partial charge on any atom is -0.356 e. The predicted octanol–water partition coefficient (Wildman–Crippen LogP) is 35.8. The van der Waals surface area contributed by atoms with E-state index in [1.165, 1.54) is 27.8 Å². The van der Waals surface area contributed by atoms with Crippen molar-refractivity contribution >= 4 is 110 Å². The number of nitrogens with zero attached hydrogens (tertiary/aromatic N) is 3. The second kappa shape index (κ2) is 38.1. The topological polar surface area (TPSA) is 21.8 Å². The Morgan fingerprint density at radius 1 is 0.189 bits per heavy atom. The summed E-state index contributed by atoms with van der Waals surface area (Å²) in [7, 11) is 0. The van der Waals surface area contributed by atoms with Crippen LogP contribution in [0, 0.1) is 0 Å². The summed E-state index contributed by atoms with van der Waals surface area (Å²) in [6.45, 7) is 8.96. The van der Waals surface area contributed by atoms with E-state index >= 15 is 0 Å². The van der Waals surface area contributed by atoms with E-state index in [1.807, 2.05) is 206 Å². The van der Waals surface area contributed by atoms with Gasteiger partial charge >= 0.3 is 0 Å². The second-order valence-corrected chi connectivity index (χ2v) is 33.5. The van der Waals surface area contributed by atoms with Crippen LogP contribution in [-0.2, 0) is 10.8 Å². The maximum absolute atomic E-state index is 9.44. The molecule has 0 aliphatic heterocycles. The summed E-state index contributed by atoms with van der Waals surface area (Å²) in [6.07, 6.45) is 0. The molecule has 21 rings (SSSR count). The number of halogens is 3. The van der Waals surface area contributed by atoms with Gasteiger partial charge in [0.05, 0.1) is 32.9 Å². The summed E-state index contributed by atoms with van der Waals surface area (Å²) in [4.78, 5) is 5.87. The van der Waals surface area contributed by atoms with Gasteiger partial charge in [0.1, 0.15) is 0 Å². The largest absolute Gasteiger partial charge is 0.356 e. The first-order chi connectivity index (χ1) is 72.3. The van der Waals surface area contributed by atoms with Crippen molar-refractivity contribution in [1.82, 2.24) is 0 Å². The molecular formula is C120H93Br3N4. The van der Waals surface area contributed by atoms with E-state index in [2.05, 4.69) is 176 Å². The van der Waals surface area contributed by atoms with Crippen molar-refractivity contribution in [1.29, 1.82) is 0 Å². The Morgan fingerprint density at radius 3 is 0.780 bits per heavy atom. The van der Waals surface area contributed by atoms with Crippen LogP contribution in [0.1, 0.15) is 82.8 Å². The molecule has 0 saturated heterocycles. The number of fused-ring (bicyclic) bond motifs is 6. The second-order valence-electron chi connectivity index (χ2n) is 31.0. The average molecular weight is 1850 g/mol. The molecule has 0 amide bonds. The van der Waals surface area contributed by atoms with Gasteiger partial charge in [0, 0.05) is 86.8 Å². The van der Waals surface area contributed by atoms with Crippen molar-refractivity contribution in [3.05, 3.63) is 520 Å². The Labute approximate surface area is 806 Å². The quantitative estimate of drug-likeness (QED) is 0.0981. The molecule has 0 saturated carbocycles. The van der Waals surface area contributed by atoms with Crippen molar-refractivity contribution in [2.75, 3.05) is 20.0 Å². The molecule has 4 nitrogen and oxygen atoms in total. The lowest BCUT2D eigenvalue weighted by molar-refractivity contribution is 0.660. The minimum atomic E-state index is -0.467. The fraction of sp³-hybridized carbons (Fsp3) is 0.0500. The van der Waals surface area contributed by atoms with Gasteiger partial charge in [0.25, 0.3) is 0 Å². The van der Waals surface area contributed by atoms with Gasteiger partial charge in [-0.2, -0.15) is 0 Å². The van der Waals surface area contributed by atoms with Crippen molar-refractivity contribution < 1.29 is 32.9 Å². The highest BCUT2D eigenvalue weighted by Crippen LogP contribution is 2.53. The summed E-state index contributed by atoms with van der Waals surface area (Å²) in [5.41, 5.74) is 18.9. The average Bonchev–Trinajstić information content (AvgIpc) is 0.833. The predicted molar refractivity (Wildman–Crippen MR) is 550 cm³/mol. The van der Waals surface area contributed by atoms with Gasteiger partial charge in [-0.15, -0.1) is 0 Å². The van der Waals surface area contributed by atoms with Gasteiger partial charge in [-0.05, 0) is 281 Å². The Balaban J connectivity index is 0.000000142. The molecule has 0 fully saturated rings. The number of anilines is 11. The van der Waals surface area contributed by atoms with Crippen molar-refractivity contribution in [3.63, 3.8) is 0 Å². The molecule has 0 unspecified atom stereocenters. The van der Waals surface area contributed by atoms with Crippen LogP contribution in [-0.4, -0.2) is 0 Å². The standard InChI is InChI=1S/C51H40N2.C30H22BrN.C21H19N.C18H12Br2/c1-51(2)49-21-13-12-20-47(49)48-35-34-46(36-50(48)51)53(43-18-10-5-11-19-43)45-32-28-40(29-33-45)38-24-22-37(23-25-38)39-26-30-44(31-27-39)52(41-14-6-3-7-15-41)42-16-8-4-9-17-42;31-27-19-15-25(16-20-27)23-11-13-24(14-12-23)26-17-21-30(22-18-26)32(28-7-3-1-4-8-28)29-9-5-2-6-10-29;1-21(2)19-11-7-6-10-17(19)18-13-12-16(14-20(18)21)22-15-8-4-3-5-9-15;19-17-9-5-15(6-10-17)13-1-2-14(4-3-13)16-7-11-18(20)12-8-16/h3-36H,1-2H3;1-22H;3-14,22H,1-2H3;1-12H/i22D,23D,24D,25D,28D,29D,32D,33D;11D,12D,13D,14D,15D,16D,19D,20D;;1D,2D,3D,4D,5D,6D,9D,10D. The number of benzene rings is 19. The Morgan fingerprint density at radius 2 is 0.433 bits per heavy atom. The highest BCUT2D eigenvalue weighted by Gasteiger charge is 2.37. The zero-order valence-corrected chi connectivity index (χ0v) is 74.1. The SMILES string of the molecule is CC1(C)c2ccccc2-c2ccc(Nc3ccccc3)cc21.[2H]c1c([2H])c(-c2c([2H])c([2H])c(-c3ccc(Br)cc3)c([2H])c2[2H])c([2H])c([2H])c1Br.[2H]c1c([2H])c(-c2c([2H])c([2H])c(-c3ccc(N(c4ccccc4)c4ccccc4)cc3)c([2H])c2[2H])c([2H])c([2H])c1Br.[2H]c1c([2H])c(-c2c([2H])c([2H])c(N(c3ccccc3)c3ccc4c(c3)C(C)(C)c3ccccc3-4)c([2H])c2[2H])c([2H])c([2H])c1-c1ccc(N(c2ccccc2)c2ccccc2)cc1. The number of rotatable bonds is 17. The highest BCUT2D eigenvalue weighted by molar-refractivity contribution is 9.11. The van der Waals surface area contributed by atoms with Crippen LogP contribution in [0.2, 0.25) is 0 Å². The zero-order valence-electron chi connectivity index (χ0n) is 93.3. The van der Waals surface area contributed by atoms with E-state index in [0.29, 0.717) is 28.1 Å². The number of para-hydroxylation sites is 6. The maximum atomic E-state index is 9.44. The molecule has 19 aromatic carbocycles. The molecule has 19 aromatic rings. The van der Waals surface area contributed by atoms with E-state index in [9.17, 15) is 8.22 Å². The molecule has 0 spiro atoms. The van der Waals surface area contributed by atoms with Crippen LogP contribution in [0.5, 0.6) is 0 Å². The molecule has 7 heteroatoms. The molecule has 0 atom stereocenters. The molecule has 0 aromatic heterocycles. The first-order valence-electron chi connectivity index (χ1n) is 53.1. The smallest absolute Gasteiger partial charge is 0.0645 e. The van der Waals surface area contributed by atoms with Crippen LogP contribution >= 0.6 is 47.8 Å². The summed E-state index contributed by atoms with van der Waals surface area (Å²) in [5, 5.41) is 3.50. The van der Waals surface area contributed by atoms with Crippen molar-refractivity contribution in [2.45, 2.75) is 38.5 Å². The summed E-state index contributed by atoms with van der Waals surface area (Å²) in [5.74, 6) is 0. The molecular weight excluding hydrogens is 1740 g/mol. The summed E-state index contributed by atoms with van der Waals surface area (Å²) >= 11 is 9.38. The lowest BCUT2D eigenvalue weighted by Gasteiger charge is -2.28. The molecule has 2 aliphatic carbocycles. The normalized spacial score (nSPS) is 14.7. The van der Waals surface area contributed by atoms with E-state index in [4.69, 9.17) is 24.7 Å². The van der Waals surface area contributed by atoms with Gasteiger partial charge in [0.15, 0.2) is 0 Å². The number of nitrogens with one attached hydrogen (secondary N) is 1. The zero-order chi connectivity index (χ0) is 108. The number of hydrogen-bond donors (Lipinski definition) is 1. The fourth-order valence-electron chi connectivity index (χ4n) is 15.8. The molecule has 0 radical (unpaired) electrons. The van der Waals surface area contributed by atoms with Gasteiger partial charge in [0.2, 0.25) is 0 Å². The Kier molecular flexibility index (Phi) is 17.9. The molecule has 614 valence electrons. The van der Waals surface area contributed by atoms with Crippen LogP contribution in [0.3, 0.4) is 0 Å². The van der Waals surface area contributed by atoms with Crippen LogP contribution in [0.15, 0.2) is 498 Å². The van der Waals surface area contributed by atoms with E-state index in [0.717, 1.165) is 66.7 Å². The first-order valence-corrected chi connectivity index (χ1v) is 43.5. The van der Waals surface area contributed by atoms with E-state index in [1.54, 1.807) is 53.4 Å². The van der Waals surface area contributed by atoms with Crippen molar-refractivity contribution in [2.24, 2.45) is 0 Å². The third-order valence-corrected chi connectivity index (χ3v) is 23.5. The van der Waals surface area contributed by atoms with Crippen LogP contribution in [0.25, 0.3) is 89.0 Å². The fourth-order valence-corrected chi connectivity index (χ4v) is 16.5. The summed E-state index contributed by atoms with van der Waals surface area (Å²) < 4.78 is 209.